The minimum Gasteiger partial charge on any atom is -0.465 e. The molecule has 1 saturated heterocycles. The molecule has 0 unspecified atom stereocenters. The van der Waals surface area contributed by atoms with E-state index in [9.17, 15) is 24.9 Å². The van der Waals surface area contributed by atoms with Crippen molar-refractivity contribution in [2.24, 2.45) is 0 Å². The number of benzene rings is 1. The lowest BCUT2D eigenvalue weighted by atomic mass is 9.88. The summed E-state index contributed by atoms with van der Waals surface area (Å²) in [4.78, 5) is 23.8. The minimum atomic E-state index is -2.48. The number of esters is 1. The fraction of sp³-hybridized carbons (Fsp3) is 0.579. The first-order valence-electron chi connectivity index (χ1n) is 9.10. The van der Waals surface area contributed by atoms with Crippen LogP contribution in [-0.2, 0) is 30.4 Å². The Balaban J connectivity index is 2.34. The summed E-state index contributed by atoms with van der Waals surface area (Å²) in [5.41, 5.74) is 0.801. The number of aliphatic hydroxyl groups excluding tert-OH is 3. The van der Waals surface area contributed by atoms with Crippen molar-refractivity contribution in [1.29, 1.82) is 0 Å². The van der Waals surface area contributed by atoms with Gasteiger partial charge in [-0.1, -0.05) is 30.3 Å². The molecule has 1 aliphatic rings. The summed E-state index contributed by atoms with van der Waals surface area (Å²) in [7, 11) is 1.05. The van der Waals surface area contributed by atoms with Crippen molar-refractivity contribution in [2.45, 2.75) is 56.2 Å². The fourth-order valence-electron chi connectivity index (χ4n) is 3.21. The molecule has 1 aromatic rings. The smallest absolute Gasteiger partial charge is 0.366 e. The molecule has 0 bridgehead atoms. The van der Waals surface area contributed by atoms with Crippen LogP contribution < -0.4 is 5.32 Å². The van der Waals surface area contributed by atoms with Gasteiger partial charge in [0.05, 0.1) is 32.5 Å². The van der Waals surface area contributed by atoms with E-state index in [1.54, 1.807) is 12.1 Å². The Morgan fingerprint density at radius 2 is 1.97 bits per heavy atom. The Bertz CT molecular complexity index is 686. The molecular weight excluding hydrogens is 386 g/mol. The van der Waals surface area contributed by atoms with Crippen molar-refractivity contribution in [1.82, 2.24) is 5.32 Å². The first kappa shape index (κ1) is 23.2. The van der Waals surface area contributed by atoms with Gasteiger partial charge in [-0.3, -0.25) is 4.79 Å². The van der Waals surface area contributed by atoms with E-state index in [-0.39, 0.29) is 6.61 Å². The molecule has 10 heteroatoms. The Morgan fingerprint density at radius 3 is 2.52 bits per heavy atom. The standard InChI is InChI=1S/C19H27NO9/c1-11(22)20-15-14(28-10-12-6-4-3-5-7-12)8-19(26,18(25)27-2)29-17(15)16(24)13(23)9-21/h3-7,13-17,21,23-24,26H,8-10H2,1-2H3,(H,20,22)/t13-,14+,15-,16-,17-,19+/m1/s1. The molecule has 1 fully saturated rings. The van der Waals surface area contributed by atoms with E-state index in [0.29, 0.717) is 0 Å². The number of carbonyl (C=O) groups excluding carboxylic acids is 2. The van der Waals surface area contributed by atoms with Crippen LogP contribution >= 0.6 is 0 Å². The van der Waals surface area contributed by atoms with Crippen LogP contribution in [-0.4, -0.2) is 82.3 Å². The van der Waals surface area contributed by atoms with Gasteiger partial charge in [0.1, 0.15) is 18.3 Å². The number of carbonyl (C=O) groups is 2. The molecule has 1 amide bonds. The van der Waals surface area contributed by atoms with Crippen molar-refractivity contribution in [2.75, 3.05) is 13.7 Å². The van der Waals surface area contributed by atoms with Crippen molar-refractivity contribution in [3.8, 4) is 0 Å². The van der Waals surface area contributed by atoms with E-state index in [4.69, 9.17) is 14.6 Å². The SMILES string of the molecule is COC(=O)[C@]1(O)C[C@H](OCc2ccccc2)[C@@H](NC(C)=O)[C@H]([C@H](O)[C@H](O)CO)O1. The van der Waals surface area contributed by atoms with Gasteiger partial charge in [-0.2, -0.15) is 0 Å². The van der Waals surface area contributed by atoms with E-state index >= 15 is 0 Å². The Kier molecular flexibility index (Phi) is 8.08. The number of nitrogens with one attached hydrogen (secondary N) is 1. The Morgan fingerprint density at radius 1 is 1.31 bits per heavy atom. The summed E-state index contributed by atoms with van der Waals surface area (Å²) in [6.07, 6.45) is -6.24. The summed E-state index contributed by atoms with van der Waals surface area (Å²) in [6, 6.07) is 8.03. The highest BCUT2D eigenvalue weighted by Crippen LogP contribution is 2.33. The van der Waals surface area contributed by atoms with Gasteiger partial charge in [-0.05, 0) is 5.56 Å². The van der Waals surface area contributed by atoms with Crippen LogP contribution in [0.1, 0.15) is 18.9 Å². The van der Waals surface area contributed by atoms with Crippen molar-refractivity contribution >= 4 is 11.9 Å². The summed E-state index contributed by atoms with van der Waals surface area (Å²) >= 11 is 0. The van der Waals surface area contributed by atoms with Gasteiger partial charge in [0.15, 0.2) is 0 Å². The fourth-order valence-corrected chi connectivity index (χ4v) is 3.21. The van der Waals surface area contributed by atoms with E-state index in [0.717, 1.165) is 12.7 Å². The topological polar surface area (TPSA) is 155 Å². The zero-order valence-electron chi connectivity index (χ0n) is 16.2. The van der Waals surface area contributed by atoms with Gasteiger partial charge in [0.2, 0.25) is 5.91 Å². The second kappa shape index (κ2) is 10.1. The highest BCUT2D eigenvalue weighted by atomic mass is 16.7. The maximum atomic E-state index is 12.1. The Hall–Kier alpha value is -2.08. The predicted octanol–water partition coefficient (Wildman–Crippen LogP) is -1.56. The number of amides is 1. The molecule has 6 atom stereocenters. The molecule has 162 valence electrons. The van der Waals surface area contributed by atoms with Crippen molar-refractivity contribution in [3.63, 3.8) is 0 Å². The van der Waals surface area contributed by atoms with Crippen LogP contribution in [0.3, 0.4) is 0 Å². The molecule has 1 aromatic carbocycles. The molecular formula is C19H27NO9. The highest BCUT2D eigenvalue weighted by Gasteiger charge is 2.55. The summed E-state index contributed by atoms with van der Waals surface area (Å²) in [5.74, 6) is -4.08. The molecule has 0 aromatic heterocycles. The lowest BCUT2D eigenvalue weighted by Crippen LogP contribution is -2.67. The second-order valence-corrected chi connectivity index (χ2v) is 6.86. The quantitative estimate of drug-likeness (QED) is 0.318. The number of hydrogen-bond acceptors (Lipinski definition) is 9. The monoisotopic (exact) mass is 413 g/mol. The minimum absolute atomic E-state index is 0.0875. The third-order valence-electron chi connectivity index (χ3n) is 4.66. The molecule has 29 heavy (non-hydrogen) atoms. The summed E-state index contributed by atoms with van der Waals surface area (Å²) in [6.45, 7) is 0.519. The lowest BCUT2D eigenvalue weighted by Gasteiger charge is -2.46. The van der Waals surface area contributed by atoms with Gasteiger partial charge in [0.25, 0.3) is 5.79 Å². The van der Waals surface area contributed by atoms with Crippen LogP contribution in [0.2, 0.25) is 0 Å². The van der Waals surface area contributed by atoms with Gasteiger partial charge < -0.3 is 40.0 Å². The average Bonchev–Trinajstić information content (AvgIpc) is 2.72. The van der Waals surface area contributed by atoms with E-state index in [1.807, 2.05) is 18.2 Å². The Labute approximate surface area is 168 Å². The van der Waals surface area contributed by atoms with Crippen molar-refractivity contribution < 1.29 is 44.2 Å². The van der Waals surface area contributed by atoms with E-state index in [1.165, 1.54) is 6.92 Å². The summed E-state index contributed by atoms with van der Waals surface area (Å²) in [5, 5.41) is 42.7. The molecule has 1 heterocycles. The van der Waals surface area contributed by atoms with E-state index in [2.05, 4.69) is 10.1 Å². The lowest BCUT2D eigenvalue weighted by molar-refractivity contribution is -0.300. The van der Waals surface area contributed by atoms with Crippen LogP contribution in [0.5, 0.6) is 0 Å². The zero-order chi connectivity index (χ0) is 21.6. The van der Waals surface area contributed by atoms with Crippen molar-refractivity contribution in [3.05, 3.63) is 35.9 Å². The maximum Gasteiger partial charge on any atom is 0.366 e. The second-order valence-electron chi connectivity index (χ2n) is 6.86. The number of methoxy groups -OCH3 is 1. The van der Waals surface area contributed by atoms with Gasteiger partial charge in [0, 0.05) is 13.3 Å². The number of rotatable bonds is 8. The van der Waals surface area contributed by atoms with Crippen LogP contribution in [0.4, 0.5) is 0 Å². The van der Waals surface area contributed by atoms with Gasteiger partial charge in [-0.15, -0.1) is 0 Å². The third kappa shape index (κ3) is 5.72. The first-order chi connectivity index (χ1) is 13.7. The largest absolute Gasteiger partial charge is 0.465 e. The molecule has 2 rings (SSSR count). The van der Waals surface area contributed by atoms with Crippen LogP contribution in [0.25, 0.3) is 0 Å². The molecule has 0 saturated carbocycles. The van der Waals surface area contributed by atoms with E-state index < -0.39 is 61.1 Å². The summed E-state index contributed by atoms with van der Waals surface area (Å²) < 4.78 is 15.8. The van der Waals surface area contributed by atoms with Gasteiger partial charge >= 0.3 is 5.97 Å². The molecule has 5 N–H and O–H groups in total. The number of ether oxygens (including phenoxy) is 3. The molecule has 1 aliphatic heterocycles. The van der Waals surface area contributed by atoms with Gasteiger partial charge in [-0.25, -0.2) is 4.79 Å². The molecule has 10 nitrogen and oxygen atoms in total. The maximum absolute atomic E-state index is 12.1. The number of hydrogen-bond donors (Lipinski definition) is 5. The average molecular weight is 413 g/mol. The van der Waals surface area contributed by atoms with Crippen LogP contribution in [0, 0.1) is 0 Å². The predicted molar refractivity (Wildman–Crippen MR) is 98.2 cm³/mol. The first-order valence-corrected chi connectivity index (χ1v) is 9.10. The third-order valence-corrected chi connectivity index (χ3v) is 4.66. The molecule has 0 radical (unpaired) electrons. The molecule has 0 aliphatic carbocycles. The number of aliphatic hydroxyl groups is 4. The highest BCUT2D eigenvalue weighted by molar-refractivity contribution is 5.78. The normalized spacial score (nSPS) is 29.0. The zero-order valence-corrected chi connectivity index (χ0v) is 16.2. The molecule has 0 spiro atoms. The van der Waals surface area contributed by atoms with Crippen LogP contribution in [0.15, 0.2) is 30.3 Å².